The summed E-state index contributed by atoms with van der Waals surface area (Å²) in [6, 6.07) is 1.38. The van der Waals surface area contributed by atoms with Gasteiger partial charge in [-0.25, -0.2) is 4.68 Å². The van der Waals surface area contributed by atoms with Crippen LogP contribution >= 0.6 is 22.6 Å². The maximum absolute atomic E-state index is 12.2. The Morgan fingerprint density at radius 1 is 1.88 bits per heavy atom. The van der Waals surface area contributed by atoms with Gasteiger partial charge in [0.25, 0.3) is 0 Å². The zero-order chi connectivity index (χ0) is 6.15. The van der Waals surface area contributed by atoms with E-state index in [1.807, 2.05) is 22.6 Å². The minimum Gasteiger partial charge on any atom is -0.242 e. The molecule has 0 atom stereocenters. The van der Waals surface area contributed by atoms with Gasteiger partial charge in [0.1, 0.15) is 3.70 Å². The number of aromatic nitrogens is 2. The van der Waals surface area contributed by atoms with Gasteiger partial charge in [0.05, 0.1) is 0 Å². The van der Waals surface area contributed by atoms with Crippen LogP contribution < -0.4 is 0 Å². The summed E-state index contributed by atoms with van der Waals surface area (Å²) in [5.74, 6) is -0.297. The van der Waals surface area contributed by atoms with E-state index in [0.29, 0.717) is 3.70 Å². The molecule has 0 fully saturated rings. The third-order valence-electron chi connectivity index (χ3n) is 0.793. The molecule has 1 aromatic heterocycles. The molecule has 0 aliphatic rings. The number of aryl methyl sites for hydroxylation is 1. The Balaban J connectivity index is 3.14. The molecule has 0 aromatic carbocycles. The average molecular weight is 226 g/mol. The van der Waals surface area contributed by atoms with E-state index in [1.54, 1.807) is 7.05 Å². The molecule has 0 amide bonds. The highest BCUT2D eigenvalue weighted by molar-refractivity contribution is 14.1. The fraction of sp³-hybridized carbons (Fsp3) is 0.250. The van der Waals surface area contributed by atoms with Crippen LogP contribution in [0.2, 0.25) is 0 Å². The fourth-order valence-corrected chi connectivity index (χ4v) is 0.992. The molecular weight excluding hydrogens is 222 g/mol. The number of nitrogens with zero attached hydrogens (tertiary/aromatic N) is 2. The lowest BCUT2D eigenvalue weighted by molar-refractivity contribution is 0.503. The highest BCUT2D eigenvalue weighted by Crippen LogP contribution is 2.02. The summed E-state index contributed by atoms with van der Waals surface area (Å²) in [4.78, 5) is 0. The Bertz CT molecular complexity index is 176. The number of hydrogen-bond donors (Lipinski definition) is 0. The van der Waals surface area contributed by atoms with Gasteiger partial charge in [0, 0.05) is 13.1 Å². The second kappa shape index (κ2) is 2.00. The van der Waals surface area contributed by atoms with Crippen molar-refractivity contribution < 1.29 is 4.39 Å². The average Bonchev–Trinajstić information content (AvgIpc) is 1.85. The Kier molecular flexibility index (Phi) is 1.50. The van der Waals surface area contributed by atoms with Crippen LogP contribution in [0.1, 0.15) is 0 Å². The van der Waals surface area contributed by atoms with Crippen molar-refractivity contribution in [3.63, 3.8) is 0 Å². The highest BCUT2D eigenvalue weighted by atomic mass is 127. The molecule has 0 aliphatic carbocycles. The van der Waals surface area contributed by atoms with Crippen LogP contribution in [0.3, 0.4) is 0 Å². The first kappa shape index (κ1) is 6.00. The smallest absolute Gasteiger partial charge is 0.212 e. The van der Waals surface area contributed by atoms with Crippen LogP contribution in [0.5, 0.6) is 0 Å². The molecule has 0 saturated heterocycles. The highest BCUT2D eigenvalue weighted by Gasteiger charge is 1.97. The predicted octanol–water partition coefficient (Wildman–Crippen LogP) is 1.16. The number of rotatable bonds is 0. The van der Waals surface area contributed by atoms with Crippen LogP contribution in [0.4, 0.5) is 4.39 Å². The van der Waals surface area contributed by atoms with Gasteiger partial charge in [-0.3, -0.25) is 0 Å². The molecule has 0 bridgehead atoms. The largest absolute Gasteiger partial charge is 0.242 e. The third kappa shape index (κ3) is 0.988. The lowest BCUT2D eigenvalue weighted by atomic mass is 10.7. The van der Waals surface area contributed by atoms with Crippen molar-refractivity contribution in [2.75, 3.05) is 0 Å². The van der Waals surface area contributed by atoms with E-state index in [0.717, 1.165) is 0 Å². The van der Waals surface area contributed by atoms with E-state index in [9.17, 15) is 4.39 Å². The molecule has 0 aliphatic heterocycles. The first-order valence-electron chi connectivity index (χ1n) is 2.05. The Morgan fingerprint density at radius 3 is 2.62 bits per heavy atom. The molecule has 0 spiro atoms. The second-order valence-electron chi connectivity index (χ2n) is 1.41. The minimum atomic E-state index is -0.297. The van der Waals surface area contributed by atoms with E-state index in [4.69, 9.17) is 0 Å². The molecule has 0 unspecified atom stereocenters. The van der Waals surface area contributed by atoms with Crippen LogP contribution in [-0.4, -0.2) is 9.78 Å². The quantitative estimate of drug-likeness (QED) is 0.607. The van der Waals surface area contributed by atoms with Crippen molar-refractivity contribution in [2.24, 2.45) is 7.05 Å². The van der Waals surface area contributed by atoms with Crippen LogP contribution in [-0.2, 0) is 7.05 Å². The van der Waals surface area contributed by atoms with Crippen molar-refractivity contribution in [1.82, 2.24) is 9.78 Å². The summed E-state index contributed by atoms with van der Waals surface area (Å²) < 4.78 is 14.1. The van der Waals surface area contributed by atoms with Gasteiger partial charge in [-0.1, -0.05) is 0 Å². The normalized spacial score (nSPS) is 9.88. The fourth-order valence-electron chi connectivity index (χ4n) is 0.412. The van der Waals surface area contributed by atoms with Crippen LogP contribution in [0, 0.1) is 9.65 Å². The second-order valence-corrected chi connectivity index (χ2v) is 2.52. The lowest BCUT2D eigenvalue weighted by Crippen LogP contribution is -1.92. The zero-order valence-electron chi connectivity index (χ0n) is 4.23. The number of halogens is 2. The van der Waals surface area contributed by atoms with Crippen molar-refractivity contribution in [3.05, 3.63) is 15.7 Å². The lowest BCUT2D eigenvalue weighted by Gasteiger charge is -1.83. The molecule has 0 radical (unpaired) electrons. The van der Waals surface area contributed by atoms with Gasteiger partial charge in [0.15, 0.2) is 0 Å². The monoisotopic (exact) mass is 226 g/mol. The maximum Gasteiger partial charge on any atom is 0.212 e. The molecule has 8 heavy (non-hydrogen) atoms. The molecule has 0 N–H and O–H groups in total. The van der Waals surface area contributed by atoms with Gasteiger partial charge >= 0.3 is 0 Å². The van der Waals surface area contributed by atoms with Gasteiger partial charge in [-0.05, 0) is 22.6 Å². The van der Waals surface area contributed by atoms with Crippen molar-refractivity contribution in [1.29, 1.82) is 0 Å². The summed E-state index contributed by atoms with van der Waals surface area (Å²) in [5, 5.41) is 3.74. The first-order chi connectivity index (χ1) is 3.70. The van der Waals surface area contributed by atoms with E-state index in [-0.39, 0.29) is 5.95 Å². The number of hydrogen-bond acceptors (Lipinski definition) is 1. The van der Waals surface area contributed by atoms with Crippen molar-refractivity contribution in [2.45, 2.75) is 0 Å². The Morgan fingerprint density at radius 2 is 2.50 bits per heavy atom. The topological polar surface area (TPSA) is 17.8 Å². The summed E-state index contributed by atoms with van der Waals surface area (Å²) >= 11 is 1.95. The summed E-state index contributed by atoms with van der Waals surface area (Å²) in [7, 11) is 1.57. The summed E-state index contributed by atoms with van der Waals surface area (Å²) in [6.07, 6.45) is 0. The van der Waals surface area contributed by atoms with E-state index < -0.39 is 0 Å². The Labute approximate surface area is 59.8 Å². The van der Waals surface area contributed by atoms with Gasteiger partial charge < -0.3 is 0 Å². The molecule has 0 saturated carbocycles. The summed E-state index contributed by atoms with van der Waals surface area (Å²) in [6.45, 7) is 0. The molecule has 2 nitrogen and oxygen atoms in total. The third-order valence-corrected chi connectivity index (χ3v) is 1.32. The summed E-state index contributed by atoms with van der Waals surface area (Å²) in [5.41, 5.74) is 0. The zero-order valence-corrected chi connectivity index (χ0v) is 6.39. The minimum absolute atomic E-state index is 0.297. The molecular formula is C4H4FIN2. The van der Waals surface area contributed by atoms with E-state index in [2.05, 4.69) is 5.10 Å². The van der Waals surface area contributed by atoms with Crippen molar-refractivity contribution in [3.8, 4) is 0 Å². The van der Waals surface area contributed by atoms with E-state index in [1.165, 1.54) is 10.7 Å². The van der Waals surface area contributed by atoms with Gasteiger partial charge in [-0.2, -0.15) is 9.49 Å². The van der Waals surface area contributed by atoms with Gasteiger partial charge in [-0.15, -0.1) is 0 Å². The standard InChI is InChI=1S/C4H4FIN2/c1-8-3(5)2-4(6)7-8/h2H,1H3. The molecule has 1 heterocycles. The molecule has 4 heteroatoms. The Hall–Kier alpha value is -0.130. The van der Waals surface area contributed by atoms with E-state index >= 15 is 0 Å². The molecule has 1 aromatic rings. The SMILES string of the molecule is Cn1nc(I)cc1F. The van der Waals surface area contributed by atoms with Crippen LogP contribution in [0.25, 0.3) is 0 Å². The first-order valence-corrected chi connectivity index (χ1v) is 3.13. The molecule has 1 rings (SSSR count). The van der Waals surface area contributed by atoms with Crippen molar-refractivity contribution >= 4 is 22.6 Å². The predicted molar refractivity (Wildman–Crippen MR) is 35.9 cm³/mol. The van der Waals surface area contributed by atoms with Gasteiger partial charge in [0.2, 0.25) is 5.95 Å². The van der Waals surface area contributed by atoms with Crippen LogP contribution in [0.15, 0.2) is 6.07 Å². The molecule has 44 valence electrons. The maximum atomic E-state index is 12.2.